The fourth-order valence-corrected chi connectivity index (χ4v) is 2.88. The van der Waals surface area contributed by atoms with Gasteiger partial charge in [0.15, 0.2) is 0 Å². The van der Waals surface area contributed by atoms with Gasteiger partial charge in [-0.1, -0.05) is 49.4 Å². The minimum atomic E-state index is -0.342. The second-order valence-corrected chi connectivity index (χ2v) is 5.33. The van der Waals surface area contributed by atoms with E-state index in [1.807, 2.05) is 0 Å². The van der Waals surface area contributed by atoms with Crippen LogP contribution in [-0.2, 0) is 0 Å². The van der Waals surface area contributed by atoms with Crippen molar-refractivity contribution in [2.24, 2.45) is 11.7 Å². The van der Waals surface area contributed by atoms with Gasteiger partial charge in [0.05, 0.1) is 5.02 Å². The van der Waals surface area contributed by atoms with Gasteiger partial charge in [0.25, 0.3) is 0 Å². The number of nitrogens with two attached hydrogens (primary N) is 1. The van der Waals surface area contributed by atoms with Gasteiger partial charge < -0.3 is 5.73 Å². The van der Waals surface area contributed by atoms with Gasteiger partial charge in [-0.3, -0.25) is 0 Å². The van der Waals surface area contributed by atoms with E-state index in [1.165, 1.54) is 25.7 Å². The topological polar surface area (TPSA) is 26.0 Å². The monoisotopic (exact) mass is 255 g/mol. The first-order valence-electron chi connectivity index (χ1n) is 6.39. The Hall–Kier alpha value is -0.600. The first-order valence-corrected chi connectivity index (χ1v) is 6.77. The highest BCUT2D eigenvalue weighted by molar-refractivity contribution is 6.30. The number of rotatable bonds is 2. The van der Waals surface area contributed by atoms with Gasteiger partial charge in [0.2, 0.25) is 0 Å². The largest absolute Gasteiger partial charge is 0.324 e. The summed E-state index contributed by atoms with van der Waals surface area (Å²) in [6.07, 6.45) is 7.18. The third-order valence-electron chi connectivity index (χ3n) is 3.75. The summed E-state index contributed by atoms with van der Waals surface area (Å²) in [5.74, 6) is 0.0522. The Labute approximate surface area is 107 Å². The zero-order chi connectivity index (χ0) is 12.3. The third-order valence-corrected chi connectivity index (χ3v) is 4.04. The van der Waals surface area contributed by atoms with E-state index in [0.29, 0.717) is 11.5 Å². The Morgan fingerprint density at radius 3 is 2.47 bits per heavy atom. The molecule has 0 spiro atoms. The molecule has 0 aromatic heterocycles. The van der Waals surface area contributed by atoms with E-state index in [2.05, 4.69) is 0 Å². The van der Waals surface area contributed by atoms with Crippen LogP contribution < -0.4 is 5.73 Å². The summed E-state index contributed by atoms with van der Waals surface area (Å²) >= 11 is 5.80. The SMILES string of the molecule is NC(c1cccc(Cl)c1F)C1CCCCCC1. The average Bonchev–Trinajstić information content (AvgIpc) is 2.60. The smallest absolute Gasteiger partial charge is 0.146 e. The highest BCUT2D eigenvalue weighted by Crippen LogP contribution is 2.34. The van der Waals surface area contributed by atoms with E-state index < -0.39 is 0 Å². The van der Waals surface area contributed by atoms with Crippen LogP contribution in [0.25, 0.3) is 0 Å². The van der Waals surface area contributed by atoms with Gasteiger partial charge in [-0.25, -0.2) is 4.39 Å². The van der Waals surface area contributed by atoms with E-state index in [0.717, 1.165) is 12.8 Å². The van der Waals surface area contributed by atoms with E-state index in [-0.39, 0.29) is 16.9 Å². The molecule has 0 heterocycles. The van der Waals surface area contributed by atoms with Crippen molar-refractivity contribution in [2.75, 3.05) is 0 Å². The van der Waals surface area contributed by atoms with Crippen LogP contribution in [0.3, 0.4) is 0 Å². The zero-order valence-electron chi connectivity index (χ0n) is 9.96. The van der Waals surface area contributed by atoms with Crippen LogP contribution in [-0.4, -0.2) is 0 Å². The van der Waals surface area contributed by atoms with Gasteiger partial charge in [-0.2, -0.15) is 0 Å². The molecule has 1 aliphatic carbocycles. The van der Waals surface area contributed by atoms with Crippen molar-refractivity contribution < 1.29 is 4.39 Å². The molecular formula is C14H19ClFN. The van der Waals surface area contributed by atoms with Crippen molar-refractivity contribution in [1.29, 1.82) is 0 Å². The maximum absolute atomic E-state index is 13.9. The molecule has 1 fully saturated rings. The molecule has 17 heavy (non-hydrogen) atoms. The Morgan fingerprint density at radius 2 is 1.82 bits per heavy atom. The maximum Gasteiger partial charge on any atom is 0.146 e. The van der Waals surface area contributed by atoms with Gasteiger partial charge in [0.1, 0.15) is 5.82 Å². The minimum Gasteiger partial charge on any atom is -0.324 e. The van der Waals surface area contributed by atoms with E-state index in [4.69, 9.17) is 17.3 Å². The predicted octanol–water partition coefficient (Wildman–Crippen LogP) is 4.45. The molecule has 3 heteroatoms. The summed E-state index contributed by atoms with van der Waals surface area (Å²) in [5.41, 5.74) is 6.78. The molecule has 1 aromatic carbocycles. The lowest BCUT2D eigenvalue weighted by atomic mass is 9.87. The van der Waals surface area contributed by atoms with Gasteiger partial charge in [-0.05, 0) is 24.8 Å². The Morgan fingerprint density at radius 1 is 1.18 bits per heavy atom. The summed E-state index contributed by atoms with van der Waals surface area (Å²) in [6, 6.07) is 4.89. The van der Waals surface area contributed by atoms with E-state index in [1.54, 1.807) is 18.2 Å². The summed E-state index contributed by atoms with van der Waals surface area (Å²) in [5, 5.41) is 0.173. The molecule has 0 aliphatic heterocycles. The van der Waals surface area contributed by atoms with Crippen LogP contribution in [0.4, 0.5) is 4.39 Å². The molecule has 1 unspecified atom stereocenters. The van der Waals surface area contributed by atoms with Crippen LogP contribution in [0.15, 0.2) is 18.2 Å². The second-order valence-electron chi connectivity index (χ2n) is 4.92. The van der Waals surface area contributed by atoms with Crippen molar-refractivity contribution >= 4 is 11.6 Å². The lowest BCUT2D eigenvalue weighted by molar-refractivity contribution is 0.373. The number of benzene rings is 1. The molecule has 1 nitrogen and oxygen atoms in total. The summed E-state index contributed by atoms with van der Waals surface area (Å²) in [6.45, 7) is 0. The second kappa shape index (κ2) is 5.83. The first-order chi connectivity index (χ1) is 8.20. The van der Waals surface area contributed by atoms with Crippen LogP contribution in [0.5, 0.6) is 0 Å². The van der Waals surface area contributed by atoms with Crippen molar-refractivity contribution in [3.8, 4) is 0 Å². The number of hydrogen-bond acceptors (Lipinski definition) is 1. The van der Waals surface area contributed by atoms with Crippen LogP contribution in [0.1, 0.15) is 50.1 Å². The molecule has 94 valence electrons. The summed E-state index contributed by atoms with van der Waals surface area (Å²) in [7, 11) is 0. The fraction of sp³-hybridized carbons (Fsp3) is 0.571. The standard InChI is InChI=1S/C14H19ClFN/c15-12-9-5-8-11(13(12)16)14(17)10-6-3-1-2-4-7-10/h5,8-10,14H,1-4,6-7,17H2. The van der Waals surface area contributed by atoms with Crippen LogP contribution >= 0.6 is 11.6 Å². The molecule has 2 N–H and O–H groups in total. The van der Waals surface area contributed by atoms with E-state index in [9.17, 15) is 4.39 Å². The highest BCUT2D eigenvalue weighted by atomic mass is 35.5. The van der Waals surface area contributed by atoms with Crippen molar-refractivity contribution in [1.82, 2.24) is 0 Å². The number of hydrogen-bond donors (Lipinski definition) is 1. The normalized spacial score (nSPS) is 19.9. The fourth-order valence-electron chi connectivity index (χ4n) is 2.70. The Balaban J connectivity index is 2.17. The Bertz CT molecular complexity index is 372. The first kappa shape index (κ1) is 12.8. The molecule has 2 rings (SSSR count). The molecule has 0 radical (unpaired) electrons. The predicted molar refractivity (Wildman–Crippen MR) is 69.5 cm³/mol. The maximum atomic E-state index is 13.9. The molecule has 0 saturated heterocycles. The molecule has 0 bridgehead atoms. The number of halogens is 2. The van der Waals surface area contributed by atoms with Crippen molar-refractivity contribution in [3.05, 3.63) is 34.6 Å². The summed E-state index contributed by atoms with van der Waals surface area (Å²) < 4.78 is 13.9. The van der Waals surface area contributed by atoms with Crippen LogP contribution in [0, 0.1) is 11.7 Å². The quantitative estimate of drug-likeness (QED) is 0.777. The third kappa shape index (κ3) is 2.99. The van der Waals surface area contributed by atoms with Gasteiger partial charge in [0, 0.05) is 11.6 Å². The van der Waals surface area contributed by atoms with Crippen molar-refractivity contribution in [3.63, 3.8) is 0 Å². The van der Waals surface area contributed by atoms with E-state index >= 15 is 0 Å². The average molecular weight is 256 g/mol. The summed E-state index contributed by atoms with van der Waals surface area (Å²) in [4.78, 5) is 0. The van der Waals surface area contributed by atoms with Crippen molar-refractivity contribution in [2.45, 2.75) is 44.6 Å². The van der Waals surface area contributed by atoms with Gasteiger partial charge in [-0.15, -0.1) is 0 Å². The molecule has 1 aliphatic rings. The highest BCUT2D eigenvalue weighted by Gasteiger charge is 2.23. The molecular weight excluding hydrogens is 237 g/mol. The lowest BCUT2D eigenvalue weighted by Gasteiger charge is -2.23. The molecule has 1 atom stereocenters. The molecule has 1 aromatic rings. The minimum absolute atomic E-state index is 0.173. The molecule has 0 amide bonds. The van der Waals surface area contributed by atoms with Gasteiger partial charge >= 0.3 is 0 Å². The van der Waals surface area contributed by atoms with Crippen LogP contribution in [0.2, 0.25) is 5.02 Å². The molecule has 1 saturated carbocycles. The Kier molecular flexibility index (Phi) is 4.41. The lowest BCUT2D eigenvalue weighted by Crippen LogP contribution is -2.22. The zero-order valence-corrected chi connectivity index (χ0v) is 10.7.